The summed E-state index contributed by atoms with van der Waals surface area (Å²) in [6, 6.07) is 31.1. The molecule has 0 aliphatic carbocycles. The van der Waals surface area contributed by atoms with Crippen LogP contribution >= 0.6 is 23.4 Å². The predicted molar refractivity (Wildman–Crippen MR) is 155 cm³/mol. The van der Waals surface area contributed by atoms with Crippen LogP contribution in [0.3, 0.4) is 0 Å². The van der Waals surface area contributed by atoms with Crippen LogP contribution in [0.5, 0.6) is 0 Å². The van der Waals surface area contributed by atoms with E-state index in [2.05, 4.69) is 16.0 Å². The van der Waals surface area contributed by atoms with Crippen molar-refractivity contribution in [2.24, 2.45) is 0 Å². The summed E-state index contributed by atoms with van der Waals surface area (Å²) in [5, 5.41) is 8.71. The van der Waals surface area contributed by atoms with Crippen LogP contribution in [0.25, 0.3) is 0 Å². The van der Waals surface area contributed by atoms with Crippen LogP contribution in [0.4, 0.5) is 17.1 Å². The second-order valence-corrected chi connectivity index (χ2v) is 10.1. The van der Waals surface area contributed by atoms with Gasteiger partial charge in [-0.15, -0.1) is 11.8 Å². The highest BCUT2D eigenvalue weighted by molar-refractivity contribution is 8.00. The summed E-state index contributed by atoms with van der Waals surface area (Å²) in [6.45, 7) is 1.44. The van der Waals surface area contributed by atoms with Gasteiger partial charge < -0.3 is 16.0 Å². The van der Waals surface area contributed by atoms with Gasteiger partial charge in [-0.25, -0.2) is 0 Å². The monoisotopic (exact) mass is 543 g/mol. The van der Waals surface area contributed by atoms with Gasteiger partial charge >= 0.3 is 0 Å². The van der Waals surface area contributed by atoms with E-state index in [1.54, 1.807) is 36.4 Å². The molecular formula is C30H26ClN3O3S. The number of hydrogen-bond donors (Lipinski definition) is 3. The molecule has 3 N–H and O–H groups in total. The molecule has 4 aromatic carbocycles. The molecule has 0 aliphatic rings. The van der Waals surface area contributed by atoms with Crippen molar-refractivity contribution >= 4 is 58.1 Å². The van der Waals surface area contributed by atoms with Gasteiger partial charge in [0, 0.05) is 33.9 Å². The second-order valence-electron chi connectivity index (χ2n) is 8.53. The summed E-state index contributed by atoms with van der Waals surface area (Å²) in [5.41, 5.74) is 3.70. The fourth-order valence-electron chi connectivity index (χ4n) is 3.69. The number of benzene rings is 4. The van der Waals surface area contributed by atoms with Crippen LogP contribution in [-0.2, 0) is 20.8 Å². The molecule has 3 amide bonds. The Morgan fingerprint density at radius 2 is 1.26 bits per heavy atom. The van der Waals surface area contributed by atoms with E-state index in [0.29, 0.717) is 22.1 Å². The quantitative estimate of drug-likeness (QED) is 0.199. The number of carbonyl (C=O) groups excluding carboxylic acids is 3. The van der Waals surface area contributed by atoms with Gasteiger partial charge in [-0.2, -0.15) is 0 Å². The SMILES string of the molecule is CC(=O)Nc1ccc(NC(=O)C(Sc2ccc(NC(=O)Cc3ccc(Cl)cc3)cc2)c2ccccc2)cc1. The van der Waals surface area contributed by atoms with Gasteiger partial charge in [-0.05, 0) is 71.8 Å². The first-order chi connectivity index (χ1) is 18.4. The minimum absolute atomic E-state index is 0.126. The fourth-order valence-corrected chi connectivity index (χ4v) is 4.85. The molecular weight excluding hydrogens is 518 g/mol. The lowest BCUT2D eigenvalue weighted by Gasteiger charge is -2.17. The average molecular weight is 544 g/mol. The van der Waals surface area contributed by atoms with E-state index >= 15 is 0 Å². The zero-order valence-corrected chi connectivity index (χ0v) is 22.2. The minimum Gasteiger partial charge on any atom is -0.326 e. The zero-order valence-electron chi connectivity index (χ0n) is 20.6. The number of rotatable bonds is 9. The standard InChI is InChI=1S/C30H26ClN3O3S/c1-20(35)32-24-11-13-26(14-12-24)34-30(37)29(22-5-3-2-4-6-22)38-27-17-15-25(16-18-27)33-28(36)19-21-7-9-23(31)10-8-21/h2-18,29H,19H2,1H3,(H,32,35)(H,33,36)(H,34,37). The fraction of sp³-hybridized carbons (Fsp3) is 0.100. The van der Waals surface area contributed by atoms with Crippen molar-refractivity contribution < 1.29 is 14.4 Å². The van der Waals surface area contributed by atoms with E-state index in [-0.39, 0.29) is 24.1 Å². The molecule has 0 heterocycles. The zero-order chi connectivity index (χ0) is 26.9. The van der Waals surface area contributed by atoms with Gasteiger partial charge in [0.25, 0.3) is 0 Å². The molecule has 1 atom stereocenters. The lowest BCUT2D eigenvalue weighted by atomic mass is 10.1. The Bertz CT molecular complexity index is 1390. The van der Waals surface area contributed by atoms with E-state index in [0.717, 1.165) is 16.0 Å². The molecule has 0 spiro atoms. The van der Waals surface area contributed by atoms with Gasteiger partial charge in [-0.1, -0.05) is 54.1 Å². The highest BCUT2D eigenvalue weighted by Crippen LogP contribution is 2.36. The predicted octanol–water partition coefficient (Wildman–Crippen LogP) is 6.95. The third-order valence-electron chi connectivity index (χ3n) is 5.48. The van der Waals surface area contributed by atoms with Gasteiger partial charge in [0.05, 0.1) is 6.42 Å². The van der Waals surface area contributed by atoms with Crippen LogP contribution in [0, 0.1) is 0 Å². The maximum Gasteiger partial charge on any atom is 0.242 e. The van der Waals surface area contributed by atoms with Crippen LogP contribution in [0.15, 0.2) is 108 Å². The topological polar surface area (TPSA) is 87.3 Å². The minimum atomic E-state index is -0.503. The average Bonchev–Trinajstić information content (AvgIpc) is 2.91. The summed E-state index contributed by atoms with van der Waals surface area (Å²) in [4.78, 5) is 37.9. The molecule has 8 heteroatoms. The molecule has 4 rings (SSSR count). The van der Waals surface area contributed by atoms with Crippen molar-refractivity contribution in [2.45, 2.75) is 23.5 Å². The Morgan fingerprint density at radius 3 is 1.87 bits per heavy atom. The number of hydrogen-bond acceptors (Lipinski definition) is 4. The van der Waals surface area contributed by atoms with Crippen molar-refractivity contribution in [1.29, 1.82) is 0 Å². The number of anilines is 3. The van der Waals surface area contributed by atoms with Gasteiger partial charge in [-0.3, -0.25) is 14.4 Å². The van der Waals surface area contributed by atoms with Crippen molar-refractivity contribution in [3.8, 4) is 0 Å². The van der Waals surface area contributed by atoms with E-state index in [1.165, 1.54) is 18.7 Å². The Kier molecular flexibility index (Phi) is 9.19. The normalized spacial score (nSPS) is 11.3. The van der Waals surface area contributed by atoms with E-state index in [1.807, 2.05) is 66.7 Å². The molecule has 0 fully saturated rings. The Morgan fingerprint density at radius 1 is 0.711 bits per heavy atom. The summed E-state index contributed by atoms with van der Waals surface area (Å²) >= 11 is 7.33. The van der Waals surface area contributed by atoms with Crippen LogP contribution in [0.2, 0.25) is 5.02 Å². The molecule has 0 aliphatic heterocycles. The molecule has 38 heavy (non-hydrogen) atoms. The lowest BCUT2D eigenvalue weighted by Crippen LogP contribution is -2.19. The molecule has 192 valence electrons. The molecule has 0 bridgehead atoms. The summed E-state index contributed by atoms with van der Waals surface area (Å²) < 4.78 is 0. The summed E-state index contributed by atoms with van der Waals surface area (Å²) in [6.07, 6.45) is 0.246. The Labute approximate surface area is 230 Å². The van der Waals surface area contributed by atoms with E-state index < -0.39 is 5.25 Å². The van der Waals surface area contributed by atoms with E-state index in [4.69, 9.17) is 11.6 Å². The first kappa shape index (κ1) is 27.0. The van der Waals surface area contributed by atoms with Gasteiger partial charge in [0.2, 0.25) is 17.7 Å². The molecule has 0 saturated carbocycles. The van der Waals surface area contributed by atoms with Crippen LogP contribution in [0.1, 0.15) is 23.3 Å². The molecule has 0 saturated heterocycles. The smallest absolute Gasteiger partial charge is 0.242 e. The van der Waals surface area contributed by atoms with Gasteiger partial charge in [0.15, 0.2) is 0 Å². The summed E-state index contributed by atoms with van der Waals surface area (Å²) in [7, 11) is 0. The largest absolute Gasteiger partial charge is 0.326 e. The first-order valence-electron chi connectivity index (χ1n) is 11.9. The Balaban J connectivity index is 1.42. The number of halogens is 1. The highest BCUT2D eigenvalue weighted by Gasteiger charge is 2.22. The van der Waals surface area contributed by atoms with Crippen molar-refractivity contribution in [2.75, 3.05) is 16.0 Å². The molecule has 0 radical (unpaired) electrons. The number of amides is 3. The molecule has 1 unspecified atom stereocenters. The van der Waals surface area contributed by atoms with Crippen molar-refractivity contribution in [3.63, 3.8) is 0 Å². The van der Waals surface area contributed by atoms with Crippen LogP contribution < -0.4 is 16.0 Å². The van der Waals surface area contributed by atoms with Gasteiger partial charge in [0.1, 0.15) is 5.25 Å². The highest BCUT2D eigenvalue weighted by atomic mass is 35.5. The third-order valence-corrected chi connectivity index (χ3v) is 7.00. The maximum atomic E-state index is 13.3. The second kappa shape index (κ2) is 12.9. The molecule has 4 aromatic rings. The molecule has 6 nitrogen and oxygen atoms in total. The summed E-state index contributed by atoms with van der Waals surface area (Å²) in [5.74, 6) is -0.456. The molecule has 0 aromatic heterocycles. The van der Waals surface area contributed by atoms with Crippen LogP contribution in [-0.4, -0.2) is 17.7 Å². The van der Waals surface area contributed by atoms with Crippen molar-refractivity contribution in [3.05, 3.63) is 119 Å². The first-order valence-corrected chi connectivity index (χ1v) is 13.2. The van der Waals surface area contributed by atoms with Crippen molar-refractivity contribution in [1.82, 2.24) is 0 Å². The number of nitrogens with one attached hydrogen (secondary N) is 3. The lowest BCUT2D eigenvalue weighted by molar-refractivity contribution is -0.116. The third kappa shape index (κ3) is 7.96. The van der Waals surface area contributed by atoms with E-state index in [9.17, 15) is 14.4 Å². The number of carbonyl (C=O) groups is 3. The maximum absolute atomic E-state index is 13.3. The Hall–Kier alpha value is -4.07. The number of thioether (sulfide) groups is 1.